The molecule has 0 bridgehead atoms. The Labute approximate surface area is 157 Å². The highest BCUT2D eigenvalue weighted by atomic mass is 35.5. The van der Waals surface area contributed by atoms with Crippen molar-refractivity contribution in [3.05, 3.63) is 70.5 Å². The van der Waals surface area contributed by atoms with Gasteiger partial charge in [-0.05, 0) is 24.1 Å². The van der Waals surface area contributed by atoms with Crippen LogP contribution in [0.25, 0.3) is 0 Å². The number of halogens is 2. The Morgan fingerprint density at radius 2 is 1.85 bits per heavy atom. The number of hydrogen-bond acceptors (Lipinski definition) is 3. The largest absolute Gasteiger partial charge is 0.469 e. The van der Waals surface area contributed by atoms with Gasteiger partial charge in [0.05, 0.1) is 23.6 Å². The zero-order valence-electron chi connectivity index (χ0n) is 14.7. The zero-order chi connectivity index (χ0) is 19.1. The van der Waals surface area contributed by atoms with Crippen molar-refractivity contribution in [1.29, 1.82) is 0 Å². The van der Waals surface area contributed by atoms with Crippen molar-refractivity contribution in [2.75, 3.05) is 20.2 Å². The molecule has 138 valence electrons. The summed E-state index contributed by atoms with van der Waals surface area (Å²) in [5.41, 5.74) is 0.856. The molecule has 4 nitrogen and oxygen atoms in total. The van der Waals surface area contributed by atoms with Gasteiger partial charge in [0.25, 0.3) is 5.91 Å². The van der Waals surface area contributed by atoms with Crippen molar-refractivity contribution in [3.8, 4) is 0 Å². The van der Waals surface area contributed by atoms with Crippen molar-refractivity contribution >= 4 is 23.5 Å². The molecule has 0 aromatic heterocycles. The number of amides is 1. The Kier molecular flexibility index (Phi) is 7.16. The number of carbonyl (C=O) groups excluding carboxylic acids is 2. The van der Waals surface area contributed by atoms with Crippen LogP contribution in [0.4, 0.5) is 4.39 Å². The summed E-state index contributed by atoms with van der Waals surface area (Å²) < 4.78 is 18.9. The van der Waals surface area contributed by atoms with Gasteiger partial charge in [0.15, 0.2) is 0 Å². The zero-order valence-corrected chi connectivity index (χ0v) is 15.5. The lowest BCUT2D eigenvalue weighted by Crippen LogP contribution is -2.39. The number of methoxy groups -OCH3 is 1. The van der Waals surface area contributed by atoms with E-state index < -0.39 is 23.6 Å². The summed E-state index contributed by atoms with van der Waals surface area (Å²) in [5.74, 6) is -2.19. The molecule has 0 fully saturated rings. The van der Waals surface area contributed by atoms with Crippen molar-refractivity contribution in [1.82, 2.24) is 4.90 Å². The fourth-order valence-electron chi connectivity index (χ4n) is 2.65. The predicted molar refractivity (Wildman–Crippen MR) is 98.6 cm³/mol. The second-order valence-corrected chi connectivity index (χ2v) is 6.41. The van der Waals surface area contributed by atoms with Crippen LogP contribution in [0.2, 0.25) is 5.02 Å². The molecule has 2 aromatic rings. The molecule has 0 radical (unpaired) electrons. The third-order valence-corrected chi connectivity index (χ3v) is 4.39. The maximum absolute atomic E-state index is 14.2. The lowest BCUT2D eigenvalue weighted by atomic mass is 10.1. The van der Waals surface area contributed by atoms with Gasteiger partial charge in [-0.25, -0.2) is 4.39 Å². The summed E-state index contributed by atoms with van der Waals surface area (Å²) in [7, 11) is 1.29. The fourth-order valence-corrected chi connectivity index (χ4v) is 2.89. The minimum absolute atomic E-state index is 0.0467. The molecule has 2 rings (SSSR count). The Balaban J connectivity index is 2.23. The smallest absolute Gasteiger partial charge is 0.310 e. The number of nitrogens with zero attached hydrogens (tertiary/aromatic N) is 1. The molecule has 0 aliphatic carbocycles. The third kappa shape index (κ3) is 5.05. The number of rotatable bonds is 7. The van der Waals surface area contributed by atoms with Gasteiger partial charge in [0, 0.05) is 13.1 Å². The molecule has 0 spiro atoms. The summed E-state index contributed by atoms with van der Waals surface area (Å²) >= 11 is 6.03. The number of benzene rings is 2. The quantitative estimate of drug-likeness (QED) is 0.686. The molecule has 26 heavy (non-hydrogen) atoms. The van der Waals surface area contributed by atoms with Crippen LogP contribution in [0, 0.1) is 11.7 Å². The average molecular weight is 378 g/mol. The predicted octanol–water partition coefficient (Wildman–Crippen LogP) is 3.97. The van der Waals surface area contributed by atoms with E-state index in [1.165, 1.54) is 30.2 Å². The molecule has 0 saturated carbocycles. The van der Waals surface area contributed by atoms with E-state index >= 15 is 0 Å². The first-order chi connectivity index (χ1) is 12.4. The maximum Gasteiger partial charge on any atom is 0.310 e. The minimum Gasteiger partial charge on any atom is -0.469 e. The monoisotopic (exact) mass is 377 g/mol. The van der Waals surface area contributed by atoms with Crippen LogP contribution in [0.1, 0.15) is 22.8 Å². The van der Waals surface area contributed by atoms with E-state index in [1.54, 1.807) is 6.92 Å². The summed E-state index contributed by atoms with van der Waals surface area (Å²) in [6.07, 6.45) is 0.576. The molecule has 2 aromatic carbocycles. The molecular weight excluding hydrogens is 357 g/mol. The lowest BCUT2D eigenvalue weighted by Gasteiger charge is -2.26. The Morgan fingerprint density at radius 1 is 1.15 bits per heavy atom. The second kappa shape index (κ2) is 9.34. The van der Waals surface area contributed by atoms with Gasteiger partial charge >= 0.3 is 5.97 Å². The molecule has 0 heterocycles. The van der Waals surface area contributed by atoms with Gasteiger partial charge in [0.1, 0.15) is 5.82 Å². The molecule has 0 aliphatic rings. The first kappa shape index (κ1) is 19.9. The Morgan fingerprint density at radius 3 is 2.46 bits per heavy atom. The minimum atomic E-state index is -0.682. The van der Waals surface area contributed by atoms with Crippen LogP contribution in [-0.4, -0.2) is 37.0 Å². The van der Waals surface area contributed by atoms with Crippen LogP contribution >= 0.6 is 11.6 Å². The number of hydrogen-bond donors (Lipinski definition) is 0. The van der Waals surface area contributed by atoms with Crippen molar-refractivity contribution in [2.45, 2.75) is 13.3 Å². The highest BCUT2D eigenvalue weighted by Crippen LogP contribution is 2.22. The van der Waals surface area contributed by atoms with E-state index in [2.05, 4.69) is 0 Å². The molecule has 6 heteroatoms. The number of ether oxygens (including phenoxy) is 1. The number of esters is 1. The van der Waals surface area contributed by atoms with Crippen LogP contribution in [0.5, 0.6) is 0 Å². The van der Waals surface area contributed by atoms with E-state index in [4.69, 9.17) is 16.3 Å². The maximum atomic E-state index is 14.2. The lowest BCUT2D eigenvalue weighted by molar-refractivity contribution is -0.145. The highest BCUT2D eigenvalue weighted by Gasteiger charge is 2.26. The van der Waals surface area contributed by atoms with Gasteiger partial charge in [-0.2, -0.15) is 0 Å². The van der Waals surface area contributed by atoms with Gasteiger partial charge in [0.2, 0.25) is 0 Å². The van der Waals surface area contributed by atoms with Gasteiger partial charge in [-0.3, -0.25) is 9.59 Å². The molecule has 0 saturated heterocycles. The number of carbonyl (C=O) groups is 2. The standard InChI is InChI=1S/C20H21ClFNO3/c1-14(20(25)26-2)13-23(12-11-15-7-4-3-5-8-15)19(24)18-16(21)9-6-10-17(18)22/h3-10,14H,11-13H2,1-2H3. The van der Waals surface area contributed by atoms with Crippen molar-refractivity contribution in [2.24, 2.45) is 5.92 Å². The SMILES string of the molecule is COC(=O)C(C)CN(CCc1ccccc1)C(=O)c1c(F)cccc1Cl. The normalized spacial score (nSPS) is 11.7. The van der Waals surface area contributed by atoms with Crippen LogP contribution in [-0.2, 0) is 16.0 Å². The Hall–Kier alpha value is -2.40. The average Bonchev–Trinajstić information content (AvgIpc) is 2.64. The van der Waals surface area contributed by atoms with Crippen LogP contribution in [0.15, 0.2) is 48.5 Å². The summed E-state index contributed by atoms with van der Waals surface area (Å²) in [6.45, 7) is 2.11. The van der Waals surface area contributed by atoms with Gasteiger partial charge in [-0.1, -0.05) is 54.9 Å². The molecule has 0 aliphatic heterocycles. The summed E-state index contributed by atoms with van der Waals surface area (Å²) in [4.78, 5) is 26.1. The van der Waals surface area contributed by atoms with E-state index in [1.807, 2.05) is 30.3 Å². The van der Waals surface area contributed by atoms with Gasteiger partial charge < -0.3 is 9.64 Å². The molecular formula is C20H21ClFNO3. The molecule has 1 amide bonds. The second-order valence-electron chi connectivity index (χ2n) is 6.01. The van der Waals surface area contributed by atoms with Crippen molar-refractivity contribution < 1.29 is 18.7 Å². The molecule has 0 N–H and O–H groups in total. The van der Waals surface area contributed by atoms with E-state index in [9.17, 15) is 14.0 Å². The first-order valence-electron chi connectivity index (χ1n) is 8.29. The third-order valence-electron chi connectivity index (χ3n) is 4.07. The summed E-state index contributed by atoms with van der Waals surface area (Å²) in [5, 5.41) is 0.0467. The topological polar surface area (TPSA) is 46.6 Å². The van der Waals surface area contributed by atoms with Crippen LogP contribution < -0.4 is 0 Å². The van der Waals surface area contributed by atoms with E-state index in [-0.39, 0.29) is 17.1 Å². The first-order valence-corrected chi connectivity index (χ1v) is 8.67. The Bertz CT molecular complexity index is 747. The van der Waals surface area contributed by atoms with Crippen LogP contribution in [0.3, 0.4) is 0 Å². The highest BCUT2D eigenvalue weighted by molar-refractivity contribution is 6.33. The fraction of sp³-hybridized carbons (Fsp3) is 0.300. The summed E-state index contributed by atoms with van der Waals surface area (Å²) in [6, 6.07) is 13.7. The van der Waals surface area contributed by atoms with E-state index in [0.29, 0.717) is 13.0 Å². The van der Waals surface area contributed by atoms with E-state index in [0.717, 1.165) is 5.56 Å². The van der Waals surface area contributed by atoms with Gasteiger partial charge in [-0.15, -0.1) is 0 Å². The molecule has 1 unspecified atom stereocenters. The molecule has 1 atom stereocenters. The van der Waals surface area contributed by atoms with Crippen molar-refractivity contribution in [3.63, 3.8) is 0 Å².